The Bertz CT molecular complexity index is 267. The Kier molecular flexibility index (Phi) is 6.13. The van der Waals surface area contributed by atoms with Gasteiger partial charge in [-0.1, -0.05) is 20.8 Å². The largest absolute Gasteiger partial charge is 0.339 e. The number of hydrogen-bond acceptors (Lipinski definition) is 2. The van der Waals surface area contributed by atoms with Gasteiger partial charge in [-0.25, -0.2) is 0 Å². The van der Waals surface area contributed by atoms with E-state index in [2.05, 4.69) is 32.6 Å². The normalized spacial score (nSPS) is 30.3. The third kappa shape index (κ3) is 4.27. The summed E-state index contributed by atoms with van der Waals surface area (Å²) in [5.41, 5.74) is 5.54. The Morgan fingerprint density at radius 1 is 1.33 bits per heavy atom. The number of carbonyl (C=O) groups is 1. The molecule has 3 heteroatoms. The van der Waals surface area contributed by atoms with Crippen molar-refractivity contribution in [2.24, 2.45) is 23.5 Å². The third-order valence-electron chi connectivity index (χ3n) is 4.43. The molecule has 1 fully saturated rings. The van der Waals surface area contributed by atoms with E-state index >= 15 is 0 Å². The summed E-state index contributed by atoms with van der Waals surface area (Å²) in [6.45, 7) is 10.6. The first-order chi connectivity index (χ1) is 8.45. The Morgan fingerprint density at radius 3 is 2.61 bits per heavy atom. The zero-order chi connectivity index (χ0) is 13.7. The Hall–Kier alpha value is -0.570. The zero-order valence-electron chi connectivity index (χ0n) is 12.5. The van der Waals surface area contributed by atoms with Crippen molar-refractivity contribution in [3.05, 3.63) is 0 Å². The van der Waals surface area contributed by atoms with E-state index in [1.807, 2.05) is 0 Å². The molecule has 1 rings (SSSR count). The van der Waals surface area contributed by atoms with Gasteiger partial charge in [0.2, 0.25) is 5.91 Å². The predicted octanol–water partition coefficient (Wildman–Crippen LogP) is 2.64. The van der Waals surface area contributed by atoms with E-state index in [4.69, 9.17) is 5.73 Å². The maximum Gasteiger partial charge on any atom is 0.222 e. The quantitative estimate of drug-likeness (QED) is 0.820. The predicted molar refractivity (Wildman–Crippen MR) is 76.2 cm³/mol. The molecule has 1 saturated heterocycles. The highest BCUT2D eigenvalue weighted by molar-refractivity contribution is 5.76. The van der Waals surface area contributed by atoms with Crippen LogP contribution in [0.5, 0.6) is 0 Å². The molecule has 0 aliphatic carbocycles. The lowest BCUT2D eigenvalue weighted by atomic mass is 9.85. The van der Waals surface area contributed by atoms with Crippen molar-refractivity contribution in [1.82, 2.24) is 4.90 Å². The number of piperidine rings is 1. The summed E-state index contributed by atoms with van der Waals surface area (Å²) in [5, 5.41) is 0. The summed E-state index contributed by atoms with van der Waals surface area (Å²) in [5.74, 6) is 2.17. The van der Waals surface area contributed by atoms with Crippen molar-refractivity contribution >= 4 is 5.91 Å². The molecule has 1 aliphatic heterocycles. The first kappa shape index (κ1) is 15.5. The lowest BCUT2D eigenvalue weighted by molar-refractivity contribution is -0.137. The number of rotatable bonds is 5. The van der Waals surface area contributed by atoms with Crippen LogP contribution >= 0.6 is 0 Å². The molecule has 0 radical (unpaired) electrons. The summed E-state index contributed by atoms with van der Waals surface area (Å²) in [4.78, 5) is 14.4. The minimum absolute atomic E-state index is 0.338. The van der Waals surface area contributed by atoms with E-state index in [1.165, 1.54) is 6.42 Å². The standard InChI is InChI=1S/C15H30N2O/c1-11(7-8-16)5-6-15(18)17-10-12(2)9-13(3)14(17)4/h11-14H,5-10,16H2,1-4H3. The van der Waals surface area contributed by atoms with Crippen LogP contribution in [0.25, 0.3) is 0 Å². The Labute approximate surface area is 112 Å². The molecule has 2 N–H and O–H groups in total. The molecule has 0 aromatic heterocycles. The SMILES string of the molecule is CC(CCN)CCC(=O)N1CC(C)CC(C)C1C. The number of amides is 1. The highest BCUT2D eigenvalue weighted by Gasteiger charge is 2.31. The minimum atomic E-state index is 0.338. The molecule has 0 spiro atoms. The summed E-state index contributed by atoms with van der Waals surface area (Å²) in [6, 6.07) is 0.401. The van der Waals surface area contributed by atoms with Gasteiger partial charge in [-0.15, -0.1) is 0 Å². The van der Waals surface area contributed by atoms with E-state index < -0.39 is 0 Å². The number of hydrogen-bond donors (Lipinski definition) is 1. The van der Waals surface area contributed by atoms with Crippen molar-refractivity contribution in [2.45, 2.75) is 59.4 Å². The van der Waals surface area contributed by atoms with E-state index in [0.29, 0.717) is 36.1 Å². The van der Waals surface area contributed by atoms with Gasteiger partial charge >= 0.3 is 0 Å². The zero-order valence-corrected chi connectivity index (χ0v) is 12.5. The van der Waals surface area contributed by atoms with E-state index in [1.54, 1.807) is 0 Å². The summed E-state index contributed by atoms with van der Waals surface area (Å²) >= 11 is 0. The molecule has 18 heavy (non-hydrogen) atoms. The summed E-state index contributed by atoms with van der Waals surface area (Å²) < 4.78 is 0. The highest BCUT2D eigenvalue weighted by Crippen LogP contribution is 2.27. The van der Waals surface area contributed by atoms with Crippen LogP contribution in [0.1, 0.15) is 53.4 Å². The van der Waals surface area contributed by atoms with Crippen LogP contribution in [0, 0.1) is 17.8 Å². The topological polar surface area (TPSA) is 46.3 Å². The van der Waals surface area contributed by atoms with Gasteiger partial charge in [-0.05, 0) is 50.5 Å². The van der Waals surface area contributed by atoms with E-state index in [-0.39, 0.29) is 0 Å². The van der Waals surface area contributed by atoms with E-state index in [0.717, 1.165) is 25.9 Å². The van der Waals surface area contributed by atoms with Crippen molar-refractivity contribution in [3.63, 3.8) is 0 Å². The molecule has 0 saturated carbocycles. The van der Waals surface area contributed by atoms with Gasteiger partial charge < -0.3 is 10.6 Å². The highest BCUT2D eigenvalue weighted by atomic mass is 16.2. The van der Waals surface area contributed by atoms with Gasteiger partial charge in [0.05, 0.1) is 0 Å². The van der Waals surface area contributed by atoms with Gasteiger partial charge in [0.1, 0.15) is 0 Å². The second-order valence-electron chi connectivity index (χ2n) is 6.33. The molecule has 1 aliphatic rings. The number of nitrogens with zero attached hydrogens (tertiary/aromatic N) is 1. The average molecular weight is 254 g/mol. The van der Waals surface area contributed by atoms with Crippen LogP contribution in [0.3, 0.4) is 0 Å². The maximum absolute atomic E-state index is 12.3. The fourth-order valence-corrected chi connectivity index (χ4v) is 2.99. The van der Waals surface area contributed by atoms with Gasteiger partial charge in [0.15, 0.2) is 0 Å². The molecule has 4 atom stereocenters. The van der Waals surface area contributed by atoms with Crippen molar-refractivity contribution in [2.75, 3.05) is 13.1 Å². The number of likely N-dealkylation sites (tertiary alicyclic amines) is 1. The van der Waals surface area contributed by atoms with Crippen LogP contribution in [-0.2, 0) is 4.79 Å². The molecule has 4 unspecified atom stereocenters. The monoisotopic (exact) mass is 254 g/mol. The fourth-order valence-electron chi connectivity index (χ4n) is 2.99. The molecule has 0 aromatic carbocycles. The van der Waals surface area contributed by atoms with Crippen molar-refractivity contribution in [3.8, 4) is 0 Å². The molecule has 106 valence electrons. The van der Waals surface area contributed by atoms with Crippen molar-refractivity contribution < 1.29 is 4.79 Å². The third-order valence-corrected chi connectivity index (χ3v) is 4.43. The van der Waals surface area contributed by atoms with E-state index in [9.17, 15) is 4.79 Å². The molecule has 0 bridgehead atoms. The molecule has 1 amide bonds. The molecular formula is C15H30N2O. The first-order valence-electron chi connectivity index (χ1n) is 7.45. The van der Waals surface area contributed by atoms with Crippen LogP contribution < -0.4 is 5.73 Å². The minimum Gasteiger partial charge on any atom is -0.339 e. The molecule has 1 heterocycles. The van der Waals surface area contributed by atoms with Crippen LogP contribution in [0.4, 0.5) is 0 Å². The summed E-state index contributed by atoms with van der Waals surface area (Å²) in [7, 11) is 0. The second kappa shape index (κ2) is 7.13. The Balaban J connectivity index is 2.44. The Morgan fingerprint density at radius 2 is 2.00 bits per heavy atom. The van der Waals surface area contributed by atoms with Gasteiger partial charge in [-0.2, -0.15) is 0 Å². The van der Waals surface area contributed by atoms with Crippen LogP contribution in [-0.4, -0.2) is 29.9 Å². The van der Waals surface area contributed by atoms with Crippen molar-refractivity contribution in [1.29, 1.82) is 0 Å². The van der Waals surface area contributed by atoms with Gasteiger partial charge in [0.25, 0.3) is 0 Å². The van der Waals surface area contributed by atoms with Crippen LogP contribution in [0.15, 0.2) is 0 Å². The fraction of sp³-hybridized carbons (Fsp3) is 0.933. The first-order valence-corrected chi connectivity index (χ1v) is 7.45. The molecule has 0 aromatic rings. The molecular weight excluding hydrogens is 224 g/mol. The van der Waals surface area contributed by atoms with Crippen LogP contribution in [0.2, 0.25) is 0 Å². The number of carbonyl (C=O) groups excluding carboxylic acids is 1. The maximum atomic E-state index is 12.3. The van der Waals surface area contributed by atoms with Gasteiger partial charge in [-0.3, -0.25) is 4.79 Å². The molecule has 3 nitrogen and oxygen atoms in total. The second-order valence-corrected chi connectivity index (χ2v) is 6.33. The average Bonchev–Trinajstić information content (AvgIpc) is 2.31. The lowest BCUT2D eigenvalue weighted by Gasteiger charge is -2.41. The summed E-state index contributed by atoms with van der Waals surface area (Å²) in [6.07, 6.45) is 3.93. The smallest absolute Gasteiger partial charge is 0.222 e. The lowest BCUT2D eigenvalue weighted by Crippen LogP contribution is -2.48. The number of nitrogens with two attached hydrogens (primary N) is 1. The van der Waals surface area contributed by atoms with Gasteiger partial charge in [0, 0.05) is 19.0 Å².